The molecule has 0 N–H and O–H groups in total. The normalized spacial score (nSPS) is 11.9. The summed E-state index contributed by atoms with van der Waals surface area (Å²) in [5, 5.41) is 0.877. The maximum Gasteiger partial charge on any atom is 0.345 e. The lowest BCUT2D eigenvalue weighted by Crippen LogP contribution is -2.35. The number of rotatable bonds is 11. The number of aryl methyl sites for hydroxylation is 1. The number of hydrogen-bond donors (Lipinski definition) is 0. The van der Waals surface area contributed by atoms with Crippen molar-refractivity contribution < 1.29 is 18.0 Å². The summed E-state index contributed by atoms with van der Waals surface area (Å²) in [5.41, 5.74) is 1.60. The second-order valence-corrected chi connectivity index (χ2v) is 11.3. The highest BCUT2D eigenvalue weighted by Crippen LogP contribution is 2.25. The van der Waals surface area contributed by atoms with Crippen molar-refractivity contribution in [2.24, 2.45) is 7.05 Å². The fourth-order valence-corrected chi connectivity index (χ4v) is 4.95. The van der Waals surface area contributed by atoms with Crippen molar-refractivity contribution in [3.8, 4) is 17.0 Å². The molecule has 0 saturated carbocycles. The van der Waals surface area contributed by atoms with Crippen LogP contribution in [0.1, 0.15) is 25.7 Å². The second-order valence-electron chi connectivity index (χ2n) is 7.71. The SMILES string of the molecule is CO[Si](C)(CCCCCCOc1ccc2cc(-c3cccn3C)c(=O)oc2c1)OC. The molecule has 0 radical (unpaired) electrons. The molecular weight excluding hydrogens is 398 g/mol. The molecule has 1 aromatic carbocycles. The van der Waals surface area contributed by atoms with Crippen molar-refractivity contribution in [3.05, 3.63) is 53.0 Å². The van der Waals surface area contributed by atoms with Crippen molar-refractivity contribution in [2.75, 3.05) is 20.8 Å². The van der Waals surface area contributed by atoms with Gasteiger partial charge in [0.05, 0.1) is 17.9 Å². The van der Waals surface area contributed by atoms with E-state index in [9.17, 15) is 4.79 Å². The van der Waals surface area contributed by atoms with Crippen molar-refractivity contribution in [1.29, 1.82) is 0 Å². The molecule has 162 valence electrons. The van der Waals surface area contributed by atoms with Crippen LogP contribution in [0.25, 0.3) is 22.2 Å². The molecule has 0 atom stereocenters. The van der Waals surface area contributed by atoms with Gasteiger partial charge >= 0.3 is 14.2 Å². The van der Waals surface area contributed by atoms with Crippen LogP contribution in [0.2, 0.25) is 12.6 Å². The van der Waals surface area contributed by atoms with E-state index >= 15 is 0 Å². The van der Waals surface area contributed by atoms with Crippen LogP contribution in [-0.4, -0.2) is 34.0 Å². The summed E-state index contributed by atoms with van der Waals surface area (Å²) in [7, 11) is 3.43. The summed E-state index contributed by atoms with van der Waals surface area (Å²) >= 11 is 0. The maximum atomic E-state index is 12.4. The van der Waals surface area contributed by atoms with E-state index in [0.717, 1.165) is 48.6 Å². The number of ether oxygens (including phenoxy) is 1. The molecule has 0 unspecified atom stereocenters. The maximum absolute atomic E-state index is 12.4. The van der Waals surface area contributed by atoms with Crippen molar-refractivity contribution in [3.63, 3.8) is 0 Å². The molecule has 0 aliphatic heterocycles. The summed E-state index contributed by atoms with van der Waals surface area (Å²) in [6.07, 6.45) is 6.22. The lowest BCUT2D eigenvalue weighted by atomic mass is 10.1. The van der Waals surface area contributed by atoms with Gasteiger partial charge in [-0.2, -0.15) is 0 Å². The zero-order chi connectivity index (χ0) is 21.6. The molecule has 3 rings (SSSR count). The van der Waals surface area contributed by atoms with Crippen LogP contribution in [0.5, 0.6) is 5.75 Å². The number of benzene rings is 1. The van der Waals surface area contributed by atoms with E-state index in [1.807, 2.05) is 48.1 Å². The van der Waals surface area contributed by atoms with Crippen LogP contribution in [-0.2, 0) is 15.9 Å². The molecule has 0 saturated heterocycles. The summed E-state index contributed by atoms with van der Waals surface area (Å²) in [6, 6.07) is 12.3. The first kappa shape index (κ1) is 22.3. The molecule has 3 aromatic rings. The van der Waals surface area contributed by atoms with E-state index in [1.165, 1.54) is 0 Å². The topological polar surface area (TPSA) is 62.8 Å². The Morgan fingerprint density at radius 2 is 1.80 bits per heavy atom. The van der Waals surface area contributed by atoms with Gasteiger partial charge in [0, 0.05) is 38.9 Å². The molecule has 30 heavy (non-hydrogen) atoms. The van der Waals surface area contributed by atoms with Crippen molar-refractivity contribution >= 4 is 19.5 Å². The first-order chi connectivity index (χ1) is 14.5. The Morgan fingerprint density at radius 3 is 2.50 bits per heavy atom. The largest absolute Gasteiger partial charge is 0.493 e. The molecular formula is C23H31NO5Si. The number of nitrogens with zero attached hydrogens (tertiary/aromatic N) is 1. The third-order valence-electron chi connectivity index (χ3n) is 5.58. The predicted octanol–water partition coefficient (Wildman–Crippen LogP) is 5.10. The number of unbranched alkanes of at least 4 members (excludes halogenated alkanes) is 3. The van der Waals surface area contributed by atoms with Gasteiger partial charge in [0.1, 0.15) is 11.3 Å². The summed E-state index contributed by atoms with van der Waals surface area (Å²) in [4.78, 5) is 12.4. The minimum atomic E-state index is -1.94. The highest BCUT2D eigenvalue weighted by atomic mass is 28.4. The Hall–Kier alpha value is -2.35. The smallest absolute Gasteiger partial charge is 0.345 e. The Morgan fingerprint density at radius 1 is 1.03 bits per heavy atom. The number of fused-ring (bicyclic) bond motifs is 1. The van der Waals surface area contributed by atoms with E-state index in [0.29, 0.717) is 17.8 Å². The van der Waals surface area contributed by atoms with Crippen molar-refractivity contribution in [1.82, 2.24) is 4.57 Å². The van der Waals surface area contributed by atoms with Crippen LogP contribution < -0.4 is 10.4 Å². The molecule has 2 aromatic heterocycles. The molecule has 0 amide bonds. The van der Waals surface area contributed by atoms with E-state index in [4.69, 9.17) is 18.0 Å². The molecule has 0 aliphatic carbocycles. The van der Waals surface area contributed by atoms with E-state index in [1.54, 1.807) is 20.3 Å². The third kappa shape index (κ3) is 5.41. The van der Waals surface area contributed by atoms with Gasteiger partial charge in [-0.3, -0.25) is 0 Å². The number of aromatic nitrogens is 1. The van der Waals surface area contributed by atoms with Gasteiger partial charge in [-0.25, -0.2) is 4.79 Å². The quantitative estimate of drug-likeness (QED) is 0.241. The average Bonchev–Trinajstić information content (AvgIpc) is 3.17. The predicted molar refractivity (Wildman–Crippen MR) is 121 cm³/mol. The molecule has 0 spiro atoms. The number of hydrogen-bond acceptors (Lipinski definition) is 5. The summed E-state index contributed by atoms with van der Waals surface area (Å²) < 4.78 is 24.3. The molecule has 0 bridgehead atoms. The highest BCUT2D eigenvalue weighted by molar-refractivity contribution is 6.65. The van der Waals surface area contributed by atoms with Gasteiger partial charge < -0.3 is 22.6 Å². The fourth-order valence-electron chi connectivity index (χ4n) is 3.48. The molecule has 2 heterocycles. The Bertz CT molecular complexity index is 1020. The first-order valence-corrected chi connectivity index (χ1v) is 12.9. The van der Waals surface area contributed by atoms with Crippen molar-refractivity contribution in [2.45, 2.75) is 38.3 Å². The Balaban J connectivity index is 1.52. The van der Waals surface area contributed by atoms with Gasteiger partial charge in [0.2, 0.25) is 0 Å². The van der Waals surface area contributed by atoms with Crippen LogP contribution in [0.3, 0.4) is 0 Å². The van der Waals surface area contributed by atoms with Gasteiger partial charge in [-0.1, -0.05) is 19.3 Å². The molecule has 0 fully saturated rings. The van der Waals surface area contributed by atoms with Gasteiger partial charge in [0.15, 0.2) is 0 Å². The van der Waals surface area contributed by atoms with Crippen LogP contribution in [0, 0.1) is 0 Å². The van der Waals surface area contributed by atoms with E-state index < -0.39 is 8.56 Å². The fraction of sp³-hybridized carbons (Fsp3) is 0.435. The minimum absolute atomic E-state index is 0.343. The zero-order valence-corrected chi connectivity index (χ0v) is 19.3. The first-order valence-electron chi connectivity index (χ1n) is 10.4. The summed E-state index contributed by atoms with van der Waals surface area (Å²) in [5.74, 6) is 0.719. The lowest BCUT2D eigenvalue weighted by Gasteiger charge is -2.22. The van der Waals surface area contributed by atoms with Gasteiger partial charge in [-0.05, 0) is 49.3 Å². The second kappa shape index (κ2) is 10.1. The van der Waals surface area contributed by atoms with Gasteiger partial charge in [-0.15, -0.1) is 0 Å². The van der Waals surface area contributed by atoms with E-state index in [-0.39, 0.29) is 5.63 Å². The minimum Gasteiger partial charge on any atom is -0.493 e. The Labute approximate surface area is 178 Å². The lowest BCUT2D eigenvalue weighted by molar-refractivity contribution is 0.247. The summed E-state index contributed by atoms with van der Waals surface area (Å²) in [6.45, 7) is 2.73. The average molecular weight is 430 g/mol. The van der Waals surface area contributed by atoms with Gasteiger partial charge in [0.25, 0.3) is 0 Å². The standard InChI is InChI=1S/C23H31NO5Si/c1-24-13-9-10-21(24)20-16-18-11-12-19(17-22(18)29-23(20)25)28-14-7-5-6-8-15-30(4,26-2)27-3/h9-13,16-17H,5-8,14-15H2,1-4H3. The molecule has 6 nitrogen and oxygen atoms in total. The monoisotopic (exact) mass is 429 g/mol. The molecule has 0 aliphatic rings. The third-order valence-corrected chi connectivity index (χ3v) is 8.57. The van der Waals surface area contributed by atoms with E-state index in [2.05, 4.69) is 6.55 Å². The van der Waals surface area contributed by atoms with Crippen LogP contribution in [0.4, 0.5) is 0 Å². The zero-order valence-electron chi connectivity index (χ0n) is 18.3. The van der Waals surface area contributed by atoms with Crippen LogP contribution >= 0.6 is 0 Å². The molecule has 7 heteroatoms. The van der Waals surface area contributed by atoms with Crippen LogP contribution in [0.15, 0.2) is 51.8 Å². The Kier molecular flexibility index (Phi) is 7.52. The highest BCUT2D eigenvalue weighted by Gasteiger charge is 2.27.